The molecule has 0 atom stereocenters. The topological polar surface area (TPSA) is 42.0 Å². The first-order valence-electron chi connectivity index (χ1n) is 4.33. The first-order valence-corrected chi connectivity index (χ1v) is 4.71. The minimum absolute atomic E-state index is 0.208. The third-order valence-electron chi connectivity index (χ3n) is 1.44. The minimum Gasteiger partial charge on any atom is -0.346 e. The van der Waals surface area contributed by atoms with Gasteiger partial charge in [-0.15, -0.1) is 0 Å². The van der Waals surface area contributed by atoms with Crippen LogP contribution in [0, 0.1) is 0 Å². The van der Waals surface area contributed by atoms with E-state index in [0.717, 1.165) is 0 Å². The van der Waals surface area contributed by atoms with E-state index >= 15 is 0 Å². The van der Waals surface area contributed by atoms with Gasteiger partial charge in [-0.3, -0.25) is 4.79 Å². The van der Waals surface area contributed by atoms with E-state index in [1.807, 2.05) is 20.8 Å². The molecule has 1 aromatic rings. The number of nitrogens with one attached hydrogen (secondary N) is 1. The van der Waals surface area contributed by atoms with E-state index in [-0.39, 0.29) is 11.4 Å². The molecule has 3 nitrogen and oxygen atoms in total. The van der Waals surface area contributed by atoms with E-state index < -0.39 is 0 Å². The molecule has 14 heavy (non-hydrogen) atoms. The van der Waals surface area contributed by atoms with Crippen molar-refractivity contribution >= 4 is 17.5 Å². The maximum Gasteiger partial charge on any atom is 0.270 e. The first kappa shape index (κ1) is 11.0. The molecule has 0 aliphatic carbocycles. The molecule has 1 N–H and O–H groups in total. The molecule has 0 aliphatic heterocycles. The number of nitrogens with zero attached hydrogens (tertiary/aromatic N) is 1. The summed E-state index contributed by atoms with van der Waals surface area (Å²) in [5, 5.41) is 3.13. The summed E-state index contributed by atoms with van der Waals surface area (Å²) >= 11 is 5.67. The van der Waals surface area contributed by atoms with Crippen LogP contribution in [0.4, 0.5) is 0 Å². The summed E-state index contributed by atoms with van der Waals surface area (Å²) in [6.07, 6.45) is 0. The smallest absolute Gasteiger partial charge is 0.270 e. The van der Waals surface area contributed by atoms with Crippen molar-refractivity contribution in [3.8, 4) is 0 Å². The van der Waals surface area contributed by atoms with Crippen molar-refractivity contribution in [3.05, 3.63) is 29.0 Å². The van der Waals surface area contributed by atoms with Crippen molar-refractivity contribution in [2.45, 2.75) is 26.3 Å². The molecule has 0 spiro atoms. The third-order valence-corrected chi connectivity index (χ3v) is 1.65. The molecule has 0 unspecified atom stereocenters. The fraction of sp³-hybridized carbons (Fsp3) is 0.400. The second kappa shape index (κ2) is 3.96. The number of halogens is 1. The number of rotatable bonds is 1. The van der Waals surface area contributed by atoms with Gasteiger partial charge in [0.1, 0.15) is 10.8 Å². The van der Waals surface area contributed by atoms with Crippen molar-refractivity contribution in [1.82, 2.24) is 10.3 Å². The Morgan fingerprint density at radius 2 is 2.07 bits per heavy atom. The molecule has 0 aliphatic rings. The Kier molecular flexibility index (Phi) is 3.11. The summed E-state index contributed by atoms with van der Waals surface area (Å²) in [4.78, 5) is 15.5. The Balaban J connectivity index is 2.80. The van der Waals surface area contributed by atoms with Crippen LogP contribution in [-0.2, 0) is 0 Å². The van der Waals surface area contributed by atoms with E-state index in [1.165, 1.54) is 0 Å². The molecule has 0 radical (unpaired) electrons. The highest BCUT2D eigenvalue weighted by molar-refractivity contribution is 6.29. The molecule has 4 heteroatoms. The summed E-state index contributed by atoms with van der Waals surface area (Å²) in [5.41, 5.74) is 0.0774. The molecule has 0 saturated carbocycles. The highest BCUT2D eigenvalue weighted by atomic mass is 35.5. The molecule has 0 saturated heterocycles. The lowest BCUT2D eigenvalue weighted by atomic mass is 10.1. The highest BCUT2D eigenvalue weighted by Crippen LogP contribution is 2.07. The van der Waals surface area contributed by atoms with Gasteiger partial charge in [0.25, 0.3) is 5.91 Å². The Labute approximate surface area is 88.5 Å². The maximum absolute atomic E-state index is 11.6. The van der Waals surface area contributed by atoms with Gasteiger partial charge in [0, 0.05) is 5.54 Å². The van der Waals surface area contributed by atoms with E-state index in [2.05, 4.69) is 10.3 Å². The van der Waals surface area contributed by atoms with Gasteiger partial charge in [-0.2, -0.15) is 0 Å². The average molecular weight is 213 g/mol. The quantitative estimate of drug-likeness (QED) is 0.726. The Hall–Kier alpha value is -1.09. The normalized spacial score (nSPS) is 11.1. The largest absolute Gasteiger partial charge is 0.346 e. The zero-order valence-corrected chi connectivity index (χ0v) is 9.22. The van der Waals surface area contributed by atoms with Gasteiger partial charge in [0.05, 0.1) is 0 Å². The van der Waals surface area contributed by atoms with Crippen molar-refractivity contribution in [1.29, 1.82) is 0 Å². The number of carbonyl (C=O) groups excluding carboxylic acids is 1. The number of hydrogen-bond acceptors (Lipinski definition) is 2. The molecular weight excluding hydrogens is 200 g/mol. The van der Waals surface area contributed by atoms with Crippen molar-refractivity contribution in [2.24, 2.45) is 0 Å². The molecule has 76 valence electrons. The summed E-state index contributed by atoms with van der Waals surface area (Å²) in [6.45, 7) is 5.74. The molecule has 0 bridgehead atoms. The van der Waals surface area contributed by atoms with Crippen LogP contribution < -0.4 is 5.32 Å². The third kappa shape index (κ3) is 3.34. The van der Waals surface area contributed by atoms with Crippen LogP contribution in [0.1, 0.15) is 31.3 Å². The predicted molar refractivity (Wildman–Crippen MR) is 56.5 cm³/mol. The summed E-state index contributed by atoms with van der Waals surface area (Å²) < 4.78 is 0. The maximum atomic E-state index is 11.6. The Bertz CT molecular complexity index is 344. The first-order chi connectivity index (χ1) is 6.38. The molecule has 0 aromatic carbocycles. The standard InChI is InChI=1S/C10H13ClN2O/c1-10(2,3)13-9(14)7-5-4-6-8(11)12-7/h4-6H,1-3H3,(H,13,14). The highest BCUT2D eigenvalue weighted by Gasteiger charge is 2.15. The van der Waals surface area contributed by atoms with Gasteiger partial charge in [0.15, 0.2) is 0 Å². The lowest BCUT2D eigenvalue weighted by Crippen LogP contribution is -2.40. The Morgan fingerprint density at radius 3 is 2.57 bits per heavy atom. The number of pyridine rings is 1. The fourth-order valence-corrected chi connectivity index (χ4v) is 1.10. The van der Waals surface area contributed by atoms with Crippen LogP contribution in [0.2, 0.25) is 5.15 Å². The summed E-state index contributed by atoms with van der Waals surface area (Å²) in [5.74, 6) is -0.208. The van der Waals surface area contributed by atoms with Gasteiger partial charge in [-0.25, -0.2) is 4.98 Å². The van der Waals surface area contributed by atoms with Crippen molar-refractivity contribution < 1.29 is 4.79 Å². The summed E-state index contributed by atoms with van der Waals surface area (Å²) in [7, 11) is 0. The van der Waals surface area contributed by atoms with Crippen LogP contribution in [0.5, 0.6) is 0 Å². The van der Waals surface area contributed by atoms with Crippen LogP contribution in [0.15, 0.2) is 18.2 Å². The fourth-order valence-electron chi connectivity index (χ4n) is 0.939. The second-order valence-electron chi connectivity index (χ2n) is 4.05. The van der Waals surface area contributed by atoms with Crippen LogP contribution in [-0.4, -0.2) is 16.4 Å². The molecular formula is C10H13ClN2O. The van der Waals surface area contributed by atoms with Gasteiger partial charge >= 0.3 is 0 Å². The van der Waals surface area contributed by atoms with Crippen molar-refractivity contribution in [2.75, 3.05) is 0 Å². The average Bonchev–Trinajstić information content (AvgIpc) is 2.01. The minimum atomic E-state index is -0.263. The Morgan fingerprint density at radius 1 is 1.43 bits per heavy atom. The molecule has 1 aromatic heterocycles. The zero-order chi connectivity index (χ0) is 10.8. The molecule has 1 heterocycles. The number of amides is 1. The van der Waals surface area contributed by atoms with E-state index in [9.17, 15) is 4.79 Å². The zero-order valence-electron chi connectivity index (χ0n) is 8.47. The second-order valence-corrected chi connectivity index (χ2v) is 4.44. The predicted octanol–water partition coefficient (Wildman–Crippen LogP) is 2.26. The van der Waals surface area contributed by atoms with E-state index in [4.69, 9.17) is 11.6 Å². The van der Waals surface area contributed by atoms with Gasteiger partial charge in [0.2, 0.25) is 0 Å². The summed E-state index contributed by atoms with van der Waals surface area (Å²) in [6, 6.07) is 4.97. The van der Waals surface area contributed by atoms with E-state index in [1.54, 1.807) is 18.2 Å². The number of aromatic nitrogens is 1. The lowest BCUT2D eigenvalue weighted by molar-refractivity contribution is 0.0914. The van der Waals surface area contributed by atoms with Crippen LogP contribution >= 0.6 is 11.6 Å². The van der Waals surface area contributed by atoms with Crippen molar-refractivity contribution in [3.63, 3.8) is 0 Å². The van der Waals surface area contributed by atoms with Crippen LogP contribution in [0.3, 0.4) is 0 Å². The molecule has 1 rings (SSSR count). The van der Waals surface area contributed by atoms with Gasteiger partial charge in [-0.05, 0) is 32.9 Å². The lowest BCUT2D eigenvalue weighted by Gasteiger charge is -2.19. The molecule has 1 amide bonds. The van der Waals surface area contributed by atoms with Crippen LogP contribution in [0.25, 0.3) is 0 Å². The number of carbonyl (C=O) groups is 1. The van der Waals surface area contributed by atoms with E-state index in [0.29, 0.717) is 10.8 Å². The number of hydrogen-bond donors (Lipinski definition) is 1. The van der Waals surface area contributed by atoms with Gasteiger partial charge in [-0.1, -0.05) is 17.7 Å². The monoisotopic (exact) mass is 212 g/mol. The van der Waals surface area contributed by atoms with Gasteiger partial charge < -0.3 is 5.32 Å². The SMILES string of the molecule is CC(C)(C)NC(=O)c1cccc(Cl)n1. The molecule has 0 fully saturated rings.